The average molecular weight is 568 g/mol. The van der Waals surface area contributed by atoms with Crippen molar-refractivity contribution in [3.05, 3.63) is 52.5 Å². The van der Waals surface area contributed by atoms with Gasteiger partial charge in [0.15, 0.2) is 0 Å². The normalized spacial score (nSPS) is 18.5. The second-order valence-corrected chi connectivity index (χ2v) is 11.7. The van der Waals surface area contributed by atoms with E-state index in [-0.39, 0.29) is 16.9 Å². The molecule has 2 aromatic carbocycles. The summed E-state index contributed by atoms with van der Waals surface area (Å²) in [6.45, 7) is 0.923. The number of hydrogen-bond acceptors (Lipinski definition) is 6. The highest BCUT2D eigenvalue weighted by Gasteiger charge is 2.26. The molecule has 0 amide bonds. The van der Waals surface area contributed by atoms with E-state index in [0.29, 0.717) is 17.9 Å². The Bertz CT molecular complexity index is 1310. The molecule has 1 fully saturated rings. The van der Waals surface area contributed by atoms with E-state index in [1.54, 1.807) is 0 Å². The quantitative estimate of drug-likeness (QED) is 0.375. The lowest BCUT2D eigenvalue weighted by molar-refractivity contribution is 0.284. The summed E-state index contributed by atoms with van der Waals surface area (Å²) in [4.78, 5) is 10.6. The number of fused-ring (bicyclic) bond motifs is 1. The van der Waals surface area contributed by atoms with Crippen molar-refractivity contribution in [2.45, 2.75) is 30.6 Å². The number of sulfonamides is 1. The van der Waals surface area contributed by atoms with Crippen molar-refractivity contribution in [2.24, 2.45) is 11.8 Å². The SMILES string of the molecule is CN(C)c1nc(NCC2CCC(CNS(=O)(=O)c3cc(F)c(Br)cc3F)CC2)nc2ccccc12. The Labute approximate surface area is 212 Å². The molecule has 11 heteroatoms. The molecule has 1 heterocycles. The minimum Gasteiger partial charge on any atom is -0.362 e. The summed E-state index contributed by atoms with van der Waals surface area (Å²) in [5.74, 6) is 0.185. The minimum atomic E-state index is -4.14. The third-order valence-corrected chi connectivity index (χ3v) is 8.39. The highest BCUT2D eigenvalue weighted by molar-refractivity contribution is 9.10. The molecule has 0 atom stereocenters. The van der Waals surface area contributed by atoms with Crippen molar-refractivity contribution in [2.75, 3.05) is 37.4 Å². The van der Waals surface area contributed by atoms with E-state index in [9.17, 15) is 17.2 Å². The van der Waals surface area contributed by atoms with Gasteiger partial charge in [-0.25, -0.2) is 26.9 Å². The second-order valence-electron chi connectivity index (χ2n) is 9.10. The zero-order chi connectivity index (χ0) is 25.2. The average Bonchev–Trinajstić information content (AvgIpc) is 2.83. The van der Waals surface area contributed by atoms with Gasteiger partial charge in [0, 0.05) is 32.6 Å². The standard InChI is InChI=1S/C24H28BrF2N5O2S/c1-32(2)23-17-5-3-4-6-21(17)30-24(31-23)28-13-15-7-9-16(10-8-15)14-29-35(33,34)22-12-19(26)18(25)11-20(22)27/h3-6,11-12,15-16,29H,7-10,13-14H2,1-2H3,(H,28,30,31). The maximum atomic E-state index is 14.1. The Kier molecular flexibility index (Phi) is 7.87. The highest BCUT2D eigenvalue weighted by atomic mass is 79.9. The molecule has 0 unspecified atom stereocenters. The minimum absolute atomic E-state index is 0.118. The number of halogens is 3. The first-order valence-electron chi connectivity index (χ1n) is 11.5. The van der Waals surface area contributed by atoms with Crippen LogP contribution in [0.25, 0.3) is 10.9 Å². The van der Waals surface area contributed by atoms with Crippen molar-refractivity contribution in [3.63, 3.8) is 0 Å². The van der Waals surface area contributed by atoms with Crippen molar-refractivity contribution in [1.82, 2.24) is 14.7 Å². The maximum Gasteiger partial charge on any atom is 0.243 e. The molecule has 188 valence electrons. The number of aromatic nitrogens is 2. The molecule has 2 N–H and O–H groups in total. The molecule has 1 saturated carbocycles. The topological polar surface area (TPSA) is 87.2 Å². The van der Waals surface area contributed by atoms with Gasteiger partial charge in [-0.2, -0.15) is 4.98 Å². The second kappa shape index (κ2) is 10.7. The number of para-hydroxylation sites is 1. The van der Waals surface area contributed by atoms with Crippen LogP contribution in [0.1, 0.15) is 25.7 Å². The monoisotopic (exact) mass is 567 g/mol. The Hall–Kier alpha value is -2.37. The predicted molar refractivity (Wildman–Crippen MR) is 137 cm³/mol. The maximum absolute atomic E-state index is 14.1. The molecule has 4 rings (SSSR count). The van der Waals surface area contributed by atoms with Crippen molar-refractivity contribution in [3.8, 4) is 0 Å². The first-order chi connectivity index (χ1) is 16.6. The van der Waals surface area contributed by atoms with Gasteiger partial charge in [0.1, 0.15) is 22.3 Å². The molecule has 1 aliphatic carbocycles. The fraction of sp³-hybridized carbons (Fsp3) is 0.417. The van der Waals surface area contributed by atoms with Gasteiger partial charge in [-0.3, -0.25) is 0 Å². The van der Waals surface area contributed by atoms with Crippen LogP contribution < -0.4 is 14.9 Å². The van der Waals surface area contributed by atoms with Crippen LogP contribution in [0.15, 0.2) is 45.8 Å². The van der Waals surface area contributed by atoms with Crippen LogP contribution in [0.5, 0.6) is 0 Å². The third kappa shape index (κ3) is 6.07. The largest absolute Gasteiger partial charge is 0.362 e. The molecule has 0 aliphatic heterocycles. The predicted octanol–water partition coefficient (Wildman–Crippen LogP) is 4.93. The summed E-state index contributed by atoms with van der Waals surface area (Å²) in [5, 5.41) is 4.37. The van der Waals surface area contributed by atoms with E-state index >= 15 is 0 Å². The van der Waals surface area contributed by atoms with E-state index < -0.39 is 26.6 Å². The van der Waals surface area contributed by atoms with Gasteiger partial charge in [-0.1, -0.05) is 12.1 Å². The highest BCUT2D eigenvalue weighted by Crippen LogP contribution is 2.30. The van der Waals surface area contributed by atoms with E-state index in [1.165, 1.54) is 0 Å². The number of benzene rings is 2. The Morgan fingerprint density at radius 3 is 2.34 bits per heavy atom. The van der Waals surface area contributed by atoms with E-state index in [0.717, 1.165) is 55.0 Å². The molecule has 1 aliphatic rings. The Balaban J connectivity index is 1.30. The lowest BCUT2D eigenvalue weighted by atomic mass is 9.82. The summed E-state index contributed by atoms with van der Waals surface area (Å²) >= 11 is 2.86. The van der Waals surface area contributed by atoms with Crippen LogP contribution in [0.2, 0.25) is 0 Å². The molecule has 1 aromatic heterocycles. The fourth-order valence-electron chi connectivity index (χ4n) is 4.37. The van der Waals surface area contributed by atoms with Crippen LogP contribution >= 0.6 is 15.9 Å². The van der Waals surface area contributed by atoms with Crippen molar-refractivity contribution >= 4 is 48.6 Å². The molecule has 35 heavy (non-hydrogen) atoms. The van der Waals surface area contributed by atoms with Gasteiger partial charge in [-0.05, 0) is 77.7 Å². The number of nitrogens with zero attached hydrogens (tertiary/aromatic N) is 3. The van der Waals surface area contributed by atoms with Crippen molar-refractivity contribution in [1.29, 1.82) is 0 Å². The molecule has 0 saturated heterocycles. The van der Waals surface area contributed by atoms with Gasteiger partial charge in [0.25, 0.3) is 0 Å². The van der Waals surface area contributed by atoms with Crippen LogP contribution in [0, 0.1) is 23.5 Å². The molecule has 7 nitrogen and oxygen atoms in total. The third-order valence-electron chi connectivity index (χ3n) is 6.35. The van der Waals surface area contributed by atoms with Crippen LogP contribution in [-0.2, 0) is 10.0 Å². The summed E-state index contributed by atoms with van der Waals surface area (Å²) in [6.07, 6.45) is 3.53. The van der Waals surface area contributed by atoms with Crippen LogP contribution in [0.4, 0.5) is 20.5 Å². The number of rotatable bonds is 8. The van der Waals surface area contributed by atoms with Crippen LogP contribution in [0.3, 0.4) is 0 Å². The summed E-state index contributed by atoms with van der Waals surface area (Å²) in [7, 11) is -0.229. The number of hydrogen-bond donors (Lipinski definition) is 2. The van der Waals surface area contributed by atoms with Gasteiger partial charge >= 0.3 is 0 Å². The van der Waals surface area contributed by atoms with Gasteiger partial charge in [0.05, 0.1) is 9.99 Å². The molecular formula is C24H28BrF2N5O2S. The van der Waals surface area contributed by atoms with E-state index in [1.807, 2.05) is 43.3 Å². The molecule has 3 aromatic rings. The van der Waals surface area contributed by atoms with Gasteiger partial charge in [0.2, 0.25) is 16.0 Å². The summed E-state index contributed by atoms with van der Waals surface area (Å²) in [5.41, 5.74) is 0.881. The van der Waals surface area contributed by atoms with Gasteiger partial charge < -0.3 is 10.2 Å². The van der Waals surface area contributed by atoms with Gasteiger partial charge in [-0.15, -0.1) is 0 Å². The summed E-state index contributed by atoms with van der Waals surface area (Å²) in [6, 6.07) is 9.42. The summed E-state index contributed by atoms with van der Waals surface area (Å²) < 4.78 is 55.1. The molecule has 0 bridgehead atoms. The van der Waals surface area contributed by atoms with E-state index in [4.69, 9.17) is 0 Å². The van der Waals surface area contributed by atoms with Crippen molar-refractivity contribution < 1.29 is 17.2 Å². The molecule has 0 spiro atoms. The lowest BCUT2D eigenvalue weighted by Crippen LogP contribution is -2.32. The fourth-order valence-corrected chi connectivity index (χ4v) is 5.87. The molecular weight excluding hydrogens is 540 g/mol. The Morgan fingerprint density at radius 2 is 1.66 bits per heavy atom. The number of nitrogens with one attached hydrogen (secondary N) is 2. The zero-order valence-electron chi connectivity index (χ0n) is 19.6. The molecule has 0 radical (unpaired) electrons. The smallest absolute Gasteiger partial charge is 0.243 e. The lowest BCUT2D eigenvalue weighted by Gasteiger charge is -2.28. The van der Waals surface area contributed by atoms with Crippen LogP contribution in [-0.4, -0.2) is 45.6 Å². The van der Waals surface area contributed by atoms with E-state index in [2.05, 4.69) is 35.9 Å². The zero-order valence-corrected chi connectivity index (χ0v) is 22.0. The Morgan fingerprint density at radius 1 is 1.00 bits per heavy atom. The first-order valence-corrected chi connectivity index (χ1v) is 13.7. The first kappa shape index (κ1) is 25.7. The number of anilines is 2.